The molecule has 0 saturated heterocycles. The number of nitrogens with zero attached hydrogens (tertiary/aromatic N) is 3. The number of aryl methyl sites for hydroxylation is 2. The minimum absolute atomic E-state index is 0.466. The molecule has 2 heterocycles. The molecular formula is C14H16N4O2. The Hall–Kier alpha value is -2.50. The van der Waals surface area contributed by atoms with Gasteiger partial charge in [-0.2, -0.15) is 0 Å². The van der Waals surface area contributed by atoms with Crippen molar-refractivity contribution in [3.8, 4) is 5.75 Å². The third kappa shape index (κ3) is 1.89. The van der Waals surface area contributed by atoms with Gasteiger partial charge in [0.15, 0.2) is 0 Å². The number of aromatic nitrogens is 3. The molecule has 2 aromatic heterocycles. The summed E-state index contributed by atoms with van der Waals surface area (Å²) in [5.41, 5.74) is 9.69. The van der Waals surface area contributed by atoms with Gasteiger partial charge < -0.3 is 19.6 Å². The predicted octanol–water partition coefficient (Wildman–Crippen LogP) is 2.28. The Morgan fingerprint density at radius 3 is 2.80 bits per heavy atom. The van der Waals surface area contributed by atoms with Crippen molar-refractivity contribution < 1.29 is 9.26 Å². The highest BCUT2D eigenvalue weighted by molar-refractivity contribution is 5.80. The van der Waals surface area contributed by atoms with E-state index >= 15 is 0 Å². The number of nitrogen functional groups attached to an aromatic ring is 1. The standard InChI is InChI=1S/C14H16N4O2/c1-8-11(9(2)20-17-8)7-18-13-6-10(19-3)4-5-12(13)16-14(18)15/h4-6H,7H2,1-3H3,(H2,15,16). The van der Waals surface area contributed by atoms with Crippen molar-refractivity contribution in [2.45, 2.75) is 20.4 Å². The number of hydrogen-bond donors (Lipinski definition) is 1. The zero-order valence-electron chi connectivity index (χ0n) is 11.7. The molecular weight excluding hydrogens is 256 g/mol. The Bertz CT molecular complexity index is 753. The van der Waals surface area contributed by atoms with Crippen molar-refractivity contribution in [3.63, 3.8) is 0 Å². The van der Waals surface area contributed by atoms with Crippen LogP contribution in [0.2, 0.25) is 0 Å². The molecule has 0 amide bonds. The van der Waals surface area contributed by atoms with E-state index in [1.165, 1.54) is 0 Å². The Balaban J connectivity index is 2.13. The van der Waals surface area contributed by atoms with E-state index in [0.717, 1.165) is 33.8 Å². The van der Waals surface area contributed by atoms with Gasteiger partial charge in [-0.25, -0.2) is 4.98 Å². The highest BCUT2D eigenvalue weighted by Gasteiger charge is 2.14. The number of fused-ring (bicyclic) bond motifs is 1. The molecule has 0 saturated carbocycles. The smallest absolute Gasteiger partial charge is 0.201 e. The van der Waals surface area contributed by atoms with Crippen LogP contribution in [0.4, 0.5) is 5.95 Å². The molecule has 0 radical (unpaired) electrons. The van der Waals surface area contributed by atoms with Crippen molar-refractivity contribution in [2.75, 3.05) is 12.8 Å². The van der Waals surface area contributed by atoms with Crippen LogP contribution in [0.5, 0.6) is 5.75 Å². The summed E-state index contributed by atoms with van der Waals surface area (Å²) in [6.07, 6.45) is 0. The molecule has 0 aliphatic carbocycles. The lowest BCUT2D eigenvalue weighted by atomic mass is 10.2. The summed E-state index contributed by atoms with van der Waals surface area (Å²) < 4.78 is 12.4. The number of methoxy groups -OCH3 is 1. The highest BCUT2D eigenvalue weighted by Crippen LogP contribution is 2.25. The second kappa shape index (κ2) is 4.56. The molecule has 3 aromatic rings. The molecule has 1 aromatic carbocycles. The third-order valence-electron chi connectivity index (χ3n) is 3.48. The van der Waals surface area contributed by atoms with Crippen LogP contribution >= 0.6 is 0 Å². The quantitative estimate of drug-likeness (QED) is 0.791. The van der Waals surface area contributed by atoms with Gasteiger partial charge in [-0.05, 0) is 26.0 Å². The molecule has 0 bridgehead atoms. The molecule has 0 unspecified atom stereocenters. The monoisotopic (exact) mass is 272 g/mol. The molecule has 0 aliphatic heterocycles. The summed E-state index contributed by atoms with van der Waals surface area (Å²) in [6, 6.07) is 5.69. The molecule has 6 heteroatoms. The van der Waals surface area contributed by atoms with Crippen LogP contribution < -0.4 is 10.5 Å². The Kier molecular flexibility index (Phi) is 2.85. The topological polar surface area (TPSA) is 79.1 Å². The van der Waals surface area contributed by atoms with Crippen LogP contribution in [0.15, 0.2) is 22.7 Å². The fourth-order valence-corrected chi connectivity index (χ4v) is 2.30. The largest absolute Gasteiger partial charge is 0.497 e. The number of hydrogen-bond acceptors (Lipinski definition) is 5. The minimum atomic E-state index is 0.466. The van der Waals surface area contributed by atoms with Gasteiger partial charge in [0.2, 0.25) is 5.95 Å². The van der Waals surface area contributed by atoms with Crippen LogP contribution in [0.25, 0.3) is 11.0 Å². The van der Waals surface area contributed by atoms with E-state index in [4.69, 9.17) is 15.0 Å². The molecule has 3 rings (SSSR count). The fraction of sp³-hybridized carbons (Fsp3) is 0.286. The molecule has 6 nitrogen and oxygen atoms in total. The molecule has 0 atom stereocenters. The summed E-state index contributed by atoms with van der Waals surface area (Å²) >= 11 is 0. The SMILES string of the molecule is COc1ccc2nc(N)n(Cc3c(C)noc3C)c2c1. The van der Waals surface area contributed by atoms with E-state index in [2.05, 4.69) is 10.1 Å². The van der Waals surface area contributed by atoms with Crippen LogP contribution in [-0.2, 0) is 6.54 Å². The number of ether oxygens (including phenoxy) is 1. The molecule has 0 aliphatic rings. The van der Waals surface area contributed by atoms with Gasteiger partial charge in [0, 0.05) is 11.6 Å². The summed E-state index contributed by atoms with van der Waals surface area (Å²) in [5.74, 6) is 2.04. The molecule has 2 N–H and O–H groups in total. The van der Waals surface area contributed by atoms with E-state index < -0.39 is 0 Å². The van der Waals surface area contributed by atoms with Crippen molar-refractivity contribution in [1.82, 2.24) is 14.7 Å². The molecule has 104 valence electrons. The highest BCUT2D eigenvalue weighted by atomic mass is 16.5. The van der Waals surface area contributed by atoms with Gasteiger partial charge in [0.1, 0.15) is 11.5 Å². The predicted molar refractivity (Wildman–Crippen MR) is 75.8 cm³/mol. The molecule has 0 spiro atoms. The van der Waals surface area contributed by atoms with Crippen molar-refractivity contribution >= 4 is 17.0 Å². The van der Waals surface area contributed by atoms with E-state index in [9.17, 15) is 0 Å². The number of imidazole rings is 1. The summed E-state index contributed by atoms with van der Waals surface area (Å²) in [6.45, 7) is 4.39. The second-order valence-corrected chi connectivity index (χ2v) is 4.71. The average molecular weight is 272 g/mol. The lowest BCUT2D eigenvalue weighted by Gasteiger charge is -2.07. The first kappa shape index (κ1) is 12.5. The van der Waals surface area contributed by atoms with Crippen LogP contribution in [0.3, 0.4) is 0 Å². The zero-order valence-corrected chi connectivity index (χ0v) is 11.7. The number of benzene rings is 1. The molecule has 20 heavy (non-hydrogen) atoms. The maximum Gasteiger partial charge on any atom is 0.201 e. The first-order valence-corrected chi connectivity index (χ1v) is 6.31. The van der Waals surface area contributed by atoms with Gasteiger partial charge in [-0.3, -0.25) is 0 Å². The van der Waals surface area contributed by atoms with E-state index in [1.807, 2.05) is 36.6 Å². The van der Waals surface area contributed by atoms with E-state index in [0.29, 0.717) is 12.5 Å². The number of nitrogens with two attached hydrogens (primary N) is 1. The van der Waals surface area contributed by atoms with Gasteiger partial charge in [0.25, 0.3) is 0 Å². The Labute approximate surface area is 116 Å². The van der Waals surface area contributed by atoms with Crippen molar-refractivity contribution in [1.29, 1.82) is 0 Å². The summed E-state index contributed by atoms with van der Waals surface area (Å²) in [5, 5.41) is 3.97. The Morgan fingerprint density at radius 1 is 1.35 bits per heavy atom. The van der Waals surface area contributed by atoms with Gasteiger partial charge >= 0.3 is 0 Å². The van der Waals surface area contributed by atoms with Gasteiger partial charge in [0.05, 0.1) is 30.4 Å². The van der Waals surface area contributed by atoms with Gasteiger partial charge in [-0.1, -0.05) is 5.16 Å². The second-order valence-electron chi connectivity index (χ2n) is 4.71. The first-order valence-electron chi connectivity index (χ1n) is 6.31. The van der Waals surface area contributed by atoms with Crippen molar-refractivity contribution in [2.24, 2.45) is 0 Å². The number of anilines is 1. The third-order valence-corrected chi connectivity index (χ3v) is 3.48. The summed E-state index contributed by atoms with van der Waals surface area (Å²) in [4.78, 5) is 4.36. The molecule has 0 fully saturated rings. The van der Waals surface area contributed by atoms with Crippen LogP contribution in [0, 0.1) is 13.8 Å². The Morgan fingerprint density at radius 2 is 2.15 bits per heavy atom. The lowest BCUT2D eigenvalue weighted by molar-refractivity contribution is 0.392. The van der Waals surface area contributed by atoms with Crippen LogP contribution in [0.1, 0.15) is 17.0 Å². The first-order chi connectivity index (χ1) is 9.60. The maximum absolute atomic E-state index is 6.02. The lowest BCUT2D eigenvalue weighted by Crippen LogP contribution is -2.06. The normalized spacial score (nSPS) is 11.2. The number of rotatable bonds is 3. The fourth-order valence-electron chi connectivity index (χ4n) is 2.30. The van der Waals surface area contributed by atoms with Crippen LogP contribution in [-0.4, -0.2) is 21.8 Å². The van der Waals surface area contributed by atoms with Gasteiger partial charge in [-0.15, -0.1) is 0 Å². The van der Waals surface area contributed by atoms with E-state index in [-0.39, 0.29) is 0 Å². The summed E-state index contributed by atoms with van der Waals surface area (Å²) in [7, 11) is 1.64. The van der Waals surface area contributed by atoms with Crippen molar-refractivity contribution in [3.05, 3.63) is 35.2 Å². The average Bonchev–Trinajstić information content (AvgIpc) is 2.92. The maximum atomic E-state index is 6.02. The minimum Gasteiger partial charge on any atom is -0.497 e. The zero-order chi connectivity index (χ0) is 14.3. The van der Waals surface area contributed by atoms with E-state index in [1.54, 1.807) is 7.11 Å².